The second kappa shape index (κ2) is 13.1. The Morgan fingerprint density at radius 3 is 2.38 bits per heavy atom. The van der Waals surface area contributed by atoms with Gasteiger partial charge in [0, 0.05) is 41.7 Å². The van der Waals surface area contributed by atoms with Crippen molar-refractivity contribution in [1.29, 1.82) is 0 Å². The number of aromatic nitrogens is 1. The van der Waals surface area contributed by atoms with Crippen molar-refractivity contribution in [2.75, 3.05) is 13.6 Å². The van der Waals surface area contributed by atoms with Crippen molar-refractivity contribution in [2.24, 2.45) is 0 Å². The number of aromatic carboxylic acids is 1. The van der Waals surface area contributed by atoms with E-state index in [0.717, 1.165) is 10.6 Å². The second-order valence-electron chi connectivity index (χ2n) is 10.3. The number of Topliss-reactive ketones (excluding diaryl/α,β-unsaturated/α-hetero) is 2. The molecule has 0 fully saturated rings. The Labute approximate surface area is 242 Å². The van der Waals surface area contributed by atoms with Gasteiger partial charge in [-0.05, 0) is 68.7 Å². The summed E-state index contributed by atoms with van der Waals surface area (Å²) in [5.41, 5.74) is -0.0835. The minimum absolute atomic E-state index is 0.0399. The molecule has 1 aromatic heterocycles. The van der Waals surface area contributed by atoms with Crippen LogP contribution in [0.1, 0.15) is 77.0 Å². The Kier molecular flexibility index (Phi) is 8.65. The van der Waals surface area contributed by atoms with Gasteiger partial charge >= 0.3 is 5.97 Å². The van der Waals surface area contributed by atoms with Gasteiger partial charge in [0.1, 0.15) is 5.75 Å². The molecule has 1 atom stereocenters. The molecule has 0 radical (unpaired) electrons. The zero-order valence-corrected chi connectivity index (χ0v) is 23.6. The fraction of sp³-hybridized carbons (Fsp3) is 0.355. The summed E-state index contributed by atoms with van der Waals surface area (Å²) in [5.74, 6) is -1.99. The Bertz CT molecular complexity index is 1560. The highest BCUT2D eigenvalue weighted by molar-refractivity contribution is 6.31. The van der Waals surface area contributed by atoms with E-state index in [9.17, 15) is 24.3 Å². The molecular weight excluding hydrogens is 534 g/mol. The molecule has 1 heterocycles. The number of carboxylic acid groups (broad SMARTS) is 1. The predicted octanol–water partition coefficient (Wildman–Crippen LogP) is 6.03. The molecule has 0 aliphatic rings. The molecule has 8 nitrogen and oxygen atoms in total. The van der Waals surface area contributed by atoms with Crippen LogP contribution in [0.25, 0.3) is 11.1 Å². The number of nitrogens with zero attached hydrogens (tertiary/aromatic N) is 1. The van der Waals surface area contributed by atoms with Gasteiger partial charge in [0.2, 0.25) is 0 Å². The number of ether oxygens (including phenoxy) is 2. The number of hydrogen-bond donors (Lipinski definition) is 1. The number of halogens is 1. The van der Waals surface area contributed by atoms with Crippen molar-refractivity contribution in [3.8, 4) is 16.9 Å². The standard InChI is InChI=1S/C31H34ClNO7/c1-6-26(34)22-12-11-21(32)16-23(22)24-17-29(36)33(18-28(24)39-5)25(13-14-40-31(2,3)4)27(35)15-19-7-9-20(10-8-19)30(37)38/h7-12,16-18,25H,6,13-15H2,1-5H3,(H,37,38)/t25-/m0/s1/i5D3. The van der Waals surface area contributed by atoms with Crippen LogP contribution >= 0.6 is 11.6 Å². The van der Waals surface area contributed by atoms with E-state index in [-0.39, 0.29) is 70.5 Å². The lowest BCUT2D eigenvalue weighted by Gasteiger charge is -2.24. The molecule has 0 saturated heterocycles. The molecule has 2 aromatic carbocycles. The van der Waals surface area contributed by atoms with Crippen molar-refractivity contribution in [3.63, 3.8) is 0 Å². The van der Waals surface area contributed by atoms with E-state index in [4.69, 9.17) is 25.2 Å². The van der Waals surface area contributed by atoms with Crippen molar-refractivity contribution >= 4 is 29.1 Å². The SMILES string of the molecule is [2H]C([2H])([2H])Oc1cn([C@@H](CCOC(C)(C)C)C(=O)Cc2ccc(C(=O)O)cc2)c(=O)cc1-c1cc(Cl)ccc1C(=O)CC. The first-order chi connectivity index (χ1) is 20.0. The van der Waals surface area contributed by atoms with Gasteiger partial charge < -0.3 is 19.1 Å². The summed E-state index contributed by atoms with van der Waals surface area (Å²) in [7, 11) is -2.93. The zero-order valence-electron chi connectivity index (χ0n) is 25.8. The number of rotatable bonds is 12. The van der Waals surface area contributed by atoms with Crippen LogP contribution in [0, 0.1) is 0 Å². The Morgan fingerprint density at radius 2 is 1.77 bits per heavy atom. The first kappa shape index (κ1) is 26.5. The van der Waals surface area contributed by atoms with Crippen LogP contribution in [-0.4, -0.2) is 46.5 Å². The number of pyridine rings is 1. The number of hydrogen-bond acceptors (Lipinski definition) is 6. The molecule has 3 rings (SSSR count). The molecule has 212 valence electrons. The molecule has 9 heteroatoms. The maximum atomic E-state index is 13.7. The van der Waals surface area contributed by atoms with Gasteiger partial charge in [0.15, 0.2) is 11.6 Å². The van der Waals surface area contributed by atoms with Crippen LogP contribution in [0.5, 0.6) is 5.75 Å². The minimum atomic E-state index is -2.93. The van der Waals surface area contributed by atoms with Gasteiger partial charge in [-0.3, -0.25) is 14.4 Å². The van der Waals surface area contributed by atoms with Crippen LogP contribution < -0.4 is 10.3 Å². The number of carbonyl (C=O) groups is 3. The summed E-state index contributed by atoms with van der Waals surface area (Å²) in [6, 6.07) is 10.3. The normalized spacial score (nSPS) is 13.6. The van der Waals surface area contributed by atoms with Crippen LogP contribution in [0.4, 0.5) is 0 Å². The topological polar surface area (TPSA) is 112 Å². The number of methoxy groups -OCH3 is 1. The van der Waals surface area contributed by atoms with Gasteiger partial charge in [-0.15, -0.1) is 0 Å². The van der Waals surface area contributed by atoms with E-state index < -0.39 is 30.2 Å². The van der Waals surface area contributed by atoms with E-state index in [1.165, 1.54) is 48.7 Å². The molecule has 0 saturated carbocycles. The fourth-order valence-corrected chi connectivity index (χ4v) is 4.43. The first-order valence-electron chi connectivity index (χ1n) is 14.3. The smallest absolute Gasteiger partial charge is 0.335 e. The minimum Gasteiger partial charge on any atom is -0.495 e. The molecule has 0 aliphatic heterocycles. The average molecular weight is 571 g/mol. The summed E-state index contributed by atoms with van der Waals surface area (Å²) in [4.78, 5) is 51.3. The van der Waals surface area contributed by atoms with Gasteiger partial charge in [-0.25, -0.2) is 4.79 Å². The monoisotopic (exact) mass is 570 g/mol. The van der Waals surface area contributed by atoms with Crippen molar-refractivity contribution < 1.29 is 33.1 Å². The lowest BCUT2D eigenvalue weighted by atomic mass is 9.95. The molecule has 0 unspecified atom stereocenters. The highest BCUT2D eigenvalue weighted by Gasteiger charge is 2.25. The third-order valence-electron chi connectivity index (χ3n) is 6.26. The molecular formula is C31H34ClNO7. The van der Waals surface area contributed by atoms with E-state index in [2.05, 4.69) is 0 Å². The quantitative estimate of drug-likeness (QED) is 0.265. The summed E-state index contributed by atoms with van der Waals surface area (Å²) in [5, 5.41) is 9.44. The first-order valence-corrected chi connectivity index (χ1v) is 13.1. The Hall–Kier alpha value is -3.75. The summed E-state index contributed by atoms with van der Waals surface area (Å²) in [6.45, 7) is 7.31. The van der Waals surface area contributed by atoms with Gasteiger partial charge in [-0.2, -0.15) is 0 Å². The van der Waals surface area contributed by atoms with E-state index >= 15 is 0 Å². The van der Waals surface area contributed by atoms with Crippen LogP contribution in [0.3, 0.4) is 0 Å². The lowest BCUT2D eigenvalue weighted by molar-refractivity contribution is -0.122. The van der Waals surface area contributed by atoms with Gasteiger partial charge in [0.25, 0.3) is 5.56 Å². The summed E-state index contributed by atoms with van der Waals surface area (Å²) in [6.07, 6.45) is 1.26. The largest absolute Gasteiger partial charge is 0.495 e. The number of ketones is 2. The third-order valence-corrected chi connectivity index (χ3v) is 6.50. The lowest BCUT2D eigenvalue weighted by Crippen LogP contribution is -2.32. The van der Waals surface area contributed by atoms with Crippen LogP contribution in [-0.2, 0) is 16.0 Å². The van der Waals surface area contributed by atoms with Gasteiger partial charge in [-0.1, -0.05) is 30.7 Å². The fourth-order valence-electron chi connectivity index (χ4n) is 4.25. The van der Waals surface area contributed by atoms with E-state index in [0.29, 0.717) is 5.56 Å². The van der Waals surface area contributed by atoms with E-state index in [1.54, 1.807) is 6.92 Å². The molecule has 0 aliphatic carbocycles. The third kappa shape index (κ3) is 7.67. The summed E-state index contributed by atoms with van der Waals surface area (Å²) < 4.78 is 35.5. The average Bonchev–Trinajstić information content (AvgIpc) is 2.90. The summed E-state index contributed by atoms with van der Waals surface area (Å²) >= 11 is 6.22. The highest BCUT2D eigenvalue weighted by atomic mass is 35.5. The molecule has 0 bridgehead atoms. The van der Waals surface area contributed by atoms with Crippen molar-refractivity contribution in [1.82, 2.24) is 4.57 Å². The highest BCUT2D eigenvalue weighted by Crippen LogP contribution is 2.34. The number of carbonyl (C=O) groups excluding carboxylic acids is 2. The zero-order chi connectivity index (χ0) is 32.1. The van der Waals surface area contributed by atoms with Crippen LogP contribution in [0.15, 0.2) is 59.5 Å². The van der Waals surface area contributed by atoms with Gasteiger partial charge in [0.05, 0.1) is 34.6 Å². The second-order valence-corrected chi connectivity index (χ2v) is 10.7. The van der Waals surface area contributed by atoms with Crippen LogP contribution in [0.2, 0.25) is 5.02 Å². The molecule has 0 spiro atoms. The van der Waals surface area contributed by atoms with Crippen molar-refractivity contribution in [2.45, 2.75) is 58.6 Å². The van der Waals surface area contributed by atoms with E-state index in [1.807, 2.05) is 20.8 Å². The Morgan fingerprint density at radius 1 is 1.07 bits per heavy atom. The molecule has 40 heavy (non-hydrogen) atoms. The molecule has 0 amide bonds. The number of benzene rings is 2. The number of carboxylic acids is 1. The predicted molar refractivity (Wildman–Crippen MR) is 154 cm³/mol. The maximum absolute atomic E-state index is 13.7. The Balaban J connectivity index is 2.16. The molecule has 1 N–H and O–H groups in total. The van der Waals surface area contributed by atoms with Crippen molar-refractivity contribution in [3.05, 3.63) is 86.8 Å². The maximum Gasteiger partial charge on any atom is 0.335 e. The molecule has 3 aromatic rings.